The number of anilines is 1. The fraction of sp³-hybridized carbons (Fsp3) is 0.833. The Morgan fingerprint density at radius 1 is 1.50 bits per heavy atom. The molecule has 2 heterocycles. The molecule has 1 N–H and O–H groups in total. The molecule has 0 radical (unpaired) electrons. The summed E-state index contributed by atoms with van der Waals surface area (Å²) >= 11 is 1.66. The molecule has 1 atom stereocenters. The molecule has 2 rings (SSSR count). The van der Waals surface area contributed by atoms with Gasteiger partial charge < -0.3 is 10.1 Å². The molecule has 0 amide bonds. The molecule has 1 saturated heterocycles. The zero-order chi connectivity index (χ0) is 12.8. The number of nitrogens with zero attached hydrogens (tertiary/aromatic N) is 3. The zero-order valence-corrected chi connectivity index (χ0v) is 12.0. The average molecular weight is 270 g/mol. The number of hydrogen-bond acceptors (Lipinski definition) is 6. The van der Waals surface area contributed by atoms with Crippen LogP contribution in [-0.2, 0) is 11.3 Å². The van der Waals surface area contributed by atoms with Crippen molar-refractivity contribution in [1.82, 2.24) is 15.1 Å². The Labute approximate surface area is 113 Å². The van der Waals surface area contributed by atoms with E-state index in [1.807, 2.05) is 0 Å². The molecule has 102 valence electrons. The molecule has 18 heavy (non-hydrogen) atoms. The van der Waals surface area contributed by atoms with E-state index in [1.54, 1.807) is 11.3 Å². The summed E-state index contributed by atoms with van der Waals surface area (Å²) in [4.78, 5) is 2.40. The van der Waals surface area contributed by atoms with Crippen LogP contribution in [0.25, 0.3) is 0 Å². The summed E-state index contributed by atoms with van der Waals surface area (Å²) in [6, 6.07) is 0. The number of aromatic nitrogens is 2. The molecule has 1 unspecified atom stereocenters. The molecule has 1 aromatic rings. The summed E-state index contributed by atoms with van der Waals surface area (Å²) < 4.78 is 5.64. The van der Waals surface area contributed by atoms with Gasteiger partial charge in [-0.15, -0.1) is 10.2 Å². The van der Waals surface area contributed by atoms with Gasteiger partial charge in [0.2, 0.25) is 5.13 Å². The zero-order valence-electron chi connectivity index (χ0n) is 11.2. The van der Waals surface area contributed by atoms with E-state index in [4.69, 9.17) is 4.74 Å². The highest BCUT2D eigenvalue weighted by Crippen LogP contribution is 2.18. The van der Waals surface area contributed by atoms with Crippen LogP contribution in [0.3, 0.4) is 0 Å². The fourth-order valence-corrected chi connectivity index (χ4v) is 2.84. The number of rotatable bonds is 5. The Hall–Kier alpha value is -0.720. The van der Waals surface area contributed by atoms with E-state index < -0.39 is 0 Å². The summed E-state index contributed by atoms with van der Waals surface area (Å²) in [5.41, 5.74) is 0. The van der Waals surface area contributed by atoms with Crippen LogP contribution in [0, 0.1) is 0 Å². The number of hydrogen-bond donors (Lipinski definition) is 1. The molecule has 6 heteroatoms. The fourth-order valence-electron chi connectivity index (χ4n) is 2.04. The van der Waals surface area contributed by atoms with E-state index in [-0.39, 0.29) is 0 Å². The van der Waals surface area contributed by atoms with Crippen molar-refractivity contribution in [2.75, 3.05) is 31.6 Å². The second-order valence-corrected chi connectivity index (χ2v) is 5.76. The number of nitrogens with one attached hydrogen (secondary N) is 1. The SMILES string of the molecule is CCCNc1nnc(CN2CCCOC(C)C2)s1. The first-order valence-electron chi connectivity index (χ1n) is 6.68. The molecule has 0 spiro atoms. The Morgan fingerprint density at radius 2 is 2.39 bits per heavy atom. The van der Waals surface area contributed by atoms with Gasteiger partial charge in [-0.25, -0.2) is 0 Å². The van der Waals surface area contributed by atoms with Gasteiger partial charge in [0.15, 0.2) is 0 Å². The van der Waals surface area contributed by atoms with Crippen LogP contribution in [0.2, 0.25) is 0 Å². The van der Waals surface area contributed by atoms with Crippen molar-refractivity contribution in [1.29, 1.82) is 0 Å². The maximum absolute atomic E-state index is 5.64. The van der Waals surface area contributed by atoms with Crippen molar-refractivity contribution in [3.8, 4) is 0 Å². The highest BCUT2D eigenvalue weighted by Gasteiger charge is 2.16. The highest BCUT2D eigenvalue weighted by molar-refractivity contribution is 7.15. The predicted octanol–water partition coefficient (Wildman–Crippen LogP) is 1.97. The monoisotopic (exact) mass is 270 g/mol. The Kier molecular flexibility index (Phi) is 5.34. The third-order valence-electron chi connectivity index (χ3n) is 2.89. The first kappa shape index (κ1) is 13.7. The van der Waals surface area contributed by atoms with E-state index in [2.05, 4.69) is 34.3 Å². The maximum atomic E-state index is 5.64. The van der Waals surface area contributed by atoms with Gasteiger partial charge in [0.1, 0.15) is 5.01 Å². The van der Waals surface area contributed by atoms with Crippen LogP contribution >= 0.6 is 11.3 Å². The number of ether oxygens (including phenoxy) is 1. The van der Waals surface area contributed by atoms with Gasteiger partial charge >= 0.3 is 0 Å². The second kappa shape index (κ2) is 7.01. The van der Waals surface area contributed by atoms with E-state index in [9.17, 15) is 0 Å². The lowest BCUT2D eigenvalue weighted by molar-refractivity contribution is 0.0667. The predicted molar refractivity (Wildman–Crippen MR) is 74.0 cm³/mol. The van der Waals surface area contributed by atoms with Crippen LogP contribution in [0.5, 0.6) is 0 Å². The van der Waals surface area contributed by atoms with Crippen LogP contribution < -0.4 is 5.32 Å². The molecule has 1 aromatic heterocycles. The summed E-state index contributed by atoms with van der Waals surface area (Å²) in [6.45, 7) is 9.07. The summed E-state index contributed by atoms with van der Waals surface area (Å²) in [6.07, 6.45) is 2.53. The molecule has 1 fully saturated rings. The van der Waals surface area contributed by atoms with Crippen LogP contribution in [0.4, 0.5) is 5.13 Å². The van der Waals surface area contributed by atoms with E-state index in [1.165, 1.54) is 0 Å². The molecule has 0 saturated carbocycles. The third-order valence-corrected chi connectivity index (χ3v) is 3.75. The third kappa shape index (κ3) is 4.19. The largest absolute Gasteiger partial charge is 0.377 e. The molecule has 5 nitrogen and oxygen atoms in total. The van der Waals surface area contributed by atoms with Gasteiger partial charge in [-0.05, 0) is 19.8 Å². The summed E-state index contributed by atoms with van der Waals surface area (Å²) in [5.74, 6) is 0. The van der Waals surface area contributed by atoms with Crippen LogP contribution in [0.1, 0.15) is 31.7 Å². The normalized spacial score (nSPS) is 21.8. The molecule has 1 aliphatic rings. The van der Waals surface area contributed by atoms with Crippen molar-refractivity contribution < 1.29 is 4.74 Å². The van der Waals surface area contributed by atoms with E-state index in [0.29, 0.717) is 6.10 Å². The Morgan fingerprint density at radius 3 is 3.22 bits per heavy atom. The molecule has 0 bridgehead atoms. The standard InChI is InChI=1S/C12H22N4OS/c1-3-5-13-12-15-14-11(18-12)9-16-6-4-7-17-10(2)8-16/h10H,3-9H2,1-2H3,(H,13,15). The lowest BCUT2D eigenvalue weighted by Crippen LogP contribution is -2.29. The molecule has 1 aliphatic heterocycles. The minimum absolute atomic E-state index is 0.318. The van der Waals surface area contributed by atoms with Crippen molar-refractivity contribution in [2.45, 2.75) is 39.3 Å². The van der Waals surface area contributed by atoms with Gasteiger partial charge in [0, 0.05) is 26.2 Å². The molecule has 0 aliphatic carbocycles. The molecular weight excluding hydrogens is 248 g/mol. The van der Waals surface area contributed by atoms with Crippen LogP contribution in [-0.4, -0.2) is 47.4 Å². The van der Waals surface area contributed by atoms with Gasteiger partial charge in [-0.1, -0.05) is 18.3 Å². The summed E-state index contributed by atoms with van der Waals surface area (Å²) in [5, 5.41) is 13.7. The van der Waals surface area contributed by atoms with Gasteiger partial charge in [0.05, 0.1) is 12.6 Å². The first-order valence-corrected chi connectivity index (χ1v) is 7.49. The molecule has 0 aromatic carbocycles. The quantitative estimate of drug-likeness (QED) is 0.886. The van der Waals surface area contributed by atoms with Crippen molar-refractivity contribution >= 4 is 16.5 Å². The smallest absolute Gasteiger partial charge is 0.205 e. The van der Waals surface area contributed by atoms with Gasteiger partial charge in [-0.3, -0.25) is 4.90 Å². The van der Waals surface area contributed by atoms with Crippen molar-refractivity contribution in [2.24, 2.45) is 0 Å². The van der Waals surface area contributed by atoms with E-state index >= 15 is 0 Å². The van der Waals surface area contributed by atoms with Crippen LogP contribution in [0.15, 0.2) is 0 Å². The maximum Gasteiger partial charge on any atom is 0.205 e. The first-order chi connectivity index (χ1) is 8.78. The van der Waals surface area contributed by atoms with Gasteiger partial charge in [0.25, 0.3) is 0 Å². The second-order valence-electron chi connectivity index (χ2n) is 4.70. The minimum Gasteiger partial charge on any atom is -0.377 e. The molecular formula is C12H22N4OS. The summed E-state index contributed by atoms with van der Waals surface area (Å²) in [7, 11) is 0. The minimum atomic E-state index is 0.318. The van der Waals surface area contributed by atoms with Crippen molar-refractivity contribution in [3.05, 3.63) is 5.01 Å². The Bertz CT molecular complexity index is 358. The Balaban J connectivity index is 1.85. The highest BCUT2D eigenvalue weighted by atomic mass is 32.1. The van der Waals surface area contributed by atoms with Crippen molar-refractivity contribution in [3.63, 3.8) is 0 Å². The topological polar surface area (TPSA) is 50.3 Å². The van der Waals surface area contributed by atoms with E-state index in [0.717, 1.165) is 55.8 Å². The van der Waals surface area contributed by atoms with Gasteiger partial charge in [-0.2, -0.15) is 0 Å². The average Bonchev–Trinajstić information content (AvgIpc) is 2.69. The lowest BCUT2D eigenvalue weighted by Gasteiger charge is -2.19. The lowest BCUT2D eigenvalue weighted by atomic mass is 10.3.